The number of carbonyl (C=O) groups is 1. The monoisotopic (exact) mass is 371 g/mol. The number of nitrogens with one attached hydrogen (secondary N) is 1. The molecule has 1 aromatic rings. The molecule has 4 rings (SSSR count). The predicted octanol–water partition coefficient (Wildman–Crippen LogP) is 3.09. The third-order valence-electron chi connectivity index (χ3n) is 6.75. The van der Waals surface area contributed by atoms with Crippen LogP contribution in [-0.2, 0) is 5.60 Å². The zero-order chi connectivity index (χ0) is 18.7. The van der Waals surface area contributed by atoms with Crippen LogP contribution in [0.2, 0.25) is 0 Å². The zero-order valence-corrected chi connectivity index (χ0v) is 16.3. The van der Waals surface area contributed by atoms with Crippen molar-refractivity contribution in [3.05, 3.63) is 35.9 Å². The molecule has 2 heterocycles. The van der Waals surface area contributed by atoms with Crippen molar-refractivity contribution in [1.29, 1.82) is 0 Å². The van der Waals surface area contributed by atoms with Gasteiger partial charge >= 0.3 is 6.03 Å². The summed E-state index contributed by atoms with van der Waals surface area (Å²) in [6, 6.07) is 9.77. The summed E-state index contributed by atoms with van der Waals surface area (Å²) in [6.07, 6.45) is 8.97. The number of nitrogens with zero attached hydrogens (tertiary/aromatic N) is 2. The molecule has 0 unspecified atom stereocenters. The summed E-state index contributed by atoms with van der Waals surface area (Å²) in [4.78, 5) is 17.4. The van der Waals surface area contributed by atoms with Gasteiger partial charge in [-0.05, 0) is 50.8 Å². The van der Waals surface area contributed by atoms with Crippen LogP contribution in [0.15, 0.2) is 30.3 Å². The minimum absolute atomic E-state index is 0.00273. The first kappa shape index (κ1) is 18.8. The summed E-state index contributed by atoms with van der Waals surface area (Å²) >= 11 is 0. The first-order valence-corrected chi connectivity index (χ1v) is 10.7. The van der Waals surface area contributed by atoms with E-state index >= 15 is 0 Å². The summed E-state index contributed by atoms with van der Waals surface area (Å²) in [7, 11) is 0. The van der Waals surface area contributed by atoms with E-state index in [1.165, 1.54) is 32.1 Å². The second kappa shape index (κ2) is 7.80. The van der Waals surface area contributed by atoms with E-state index in [1.54, 1.807) is 0 Å². The van der Waals surface area contributed by atoms with Crippen LogP contribution >= 0.6 is 0 Å². The largest absolute Gasteiger partial charge is 0.383 e. The van der Waals surface area contributed by atoms with Crippen LogP contribution in [0.5, 0.6) is 0 Å². The van der Waals surface area contributed by atoms with Gasteiger partial charge in [-0.1, -0.05) is 49.6 Å². The third-order valence-corrected chi connectivity index (χ3v) is 6.75. The summed E-state index contributed by atoms with van der Waals surface area (Å²) in [6.45, 7) is 4.29. The lowest BCUT2D eigenvalue weighted by Gasteiger charge is -2.41. The fourth-order valence-electron chi connectivity index (χ4n) is 5.18. The maximum absolute atomic E-state index is 13.1. The van der Waals surface area contributed by atoms with Crippen molar-refractivity contribution in [3.63, 3.8) is 0 Å². The highest BCUT2D eigenvalue weighted by atomic mass is 16.3. The molecule has 5 nitrogen and oxygen atoms in total. The Bertz CT molecular complexity index is 638. The Morgan fingerprint density at radius 2 is 1.67 bits per heavy atom. The number of hydrogen-bond donors (Lipinski definition) is 2. The van der Waals surface area contributed by atoms with Gasteiger partial charge in [0.2, 0.25) is 0 Å². The van der Waals surface area contributed by atoms with E-state index < -0.39 is 5.60 Å². The van der Waals surface area contributed by atoms with E-state index in [4.69, 9.17) is 0 Å². The van der Waals surface area contributed by atoms with Crippen LogP contribution in [0.25, 0.3) is 0 Å². The van der Waals surface area contributed by atoms with Crippen LogP contribution in [0, 0.1) is 0 Å². The summed E-state index contributed by atoms with van der Waals surface area (Å²) in [5.74, 6) is 0. The standard InChI is InChI=1S/C22H33N3O2/c26-20(25-16-13-22(27,18-25)19-9-3-1-4-10-19)23-21(11-5-2-6-12-21)17-24-14-7-8-15-24/h1,3-4,9-10,27H,2,5-8,11-18H2,(H,23,26)/t22-/m0/s1. The number of rotatable bonds is 4. The number of carbonyl (C=O) groups excluding carboxylic acids is 1. The molecular formula is C22H33N3O2. The first-order valence-electron chi connectivity index (χ1n) is 10.7. The number of amides is 2. The van der Waals surface area contributed by atoms with Gasteiger partial charge in [0, 0.05) is 13.1 Å². The molecular weight excluding hydrogens is 338 g/mol. The summed E-state index contributed by atoms with van der Waals surface area (Å²) in [5.41, 5.74) is -0.106. The Hall–Kier alpha value is -1.59. The number of urea groups is 1. The van der Waals surface area contributed by atoms with Crippen molar-refractivity contribution in [2.24, 2.45) is 0 Å². The Kier molecular flexibility index (Phi) is 5.42. The van der Waals surface area contributed by atoms with Gasteiger partial charge in [-0.3, -0.25) is 0 Å². The van der Waals surface area contributed by atoms with Gasteiger partial charge in [-0.25, -0.2) is 4.79 Å². The van der Waals surface area contributed by atoms with Crippen LogP contribution in [0.1, 0.15) is 56.9 Å². The van der Waals surface area contributed by atoms with Crippen molar-refractivity contribution in [3.8, 4) is 0 Å². The zero-order valence-electron chi connectivity index (χ0n) is 16.3. The van der Waals surface area contributed by atoms with Crippen molar-refractivity contribution in [2.75, 3.05) is 32.7 Å². The number of benzene rings is 1. The molecule has 2 aliphatic heterocycles. The van der Waals surface area contributed by atoms with Crippen molar-refractivity contribution in [1.82, 2.24) is 15.1 Å². The molecule has 0 radical (unpaired) electrons. The quantitative estimate of drug-likeness (QED) is 0.855. The minimum atomic E-state index is -0.923. The van der Waals surface area contributed by atoms with E-state index in [0.29, 0.717) is 19.5 Å². The minimum Gasteiger partial charge on any atom is -0.383 e. The Labute approximate surface area is 162 Å². The molecule has 0 aromatic heterocycles. The van der Waals surface area contributed by atoms with Crippen LogP contribution in [-0.4, -0.2) is 59.2 Å². The molecule has 5 heteroatoms. The predicted molar refractivity (Wildman–Crippen MR) is 107 cm³/mol. The number of aliphatic hydroxyl groups is 1. The fraction of sp³-hybridized carbons (Fsp3) is 0.682. The maximum Gasteiger partial charge on any atom is 0.317 e. The first-order chi connectivity index (χ1) is 13.1. The molecule has 3 fully saturated rings. The van der Waals surface area contributed by atoms with Crippen molar-refractivity contribution >= 4 is 6.03 Å². The van der Waals surface area contributed by atoms with E-state index in [1.807, 2.05) is 35.2 Å². The van der Waals surface area contributed by atoms with Crippen molar-refractivity contribution in [2.45, 2.75) is 62.5 Å². The number of β-amino-alcohol motifs (C(OH)–C–C–N with tert-alkyl or cyclic N) is 1. The molecule has 3 aliphatic rings. The van der Waals surface area contributed by atoms with Crippen LogP contribution < -0.4 is 5.32 Å². The number of hydrogen-bond acceptors (Lipinski definition) is 3. The third kappa shape index (κ3) is 4.14. The SMILES string of the molecule is O=C(NC1(CN2CCCC2)CCCCC1)N1CC[C@@](O)(c2ccccc2)C1. The van der Waals surface area contributed by atoms with Gasteiger partial charge in [0.15, 0.2) is 0 Å². The van der Waals surface area contributed by atoms with Gasteiger partial charge in [-0.15, -0.1) is 0 Å². The average molecular weight is 372 g/mol. The van der Waals surface area contributed by atoms with Crippen molar-refractivity contribution < 1.29 is 9.90 Å². The number of likely N-dealkylation sites (tertiary alicyclic amines) is 2. The Balaban J connectivity index is 1.42. The lowest BCUT2D eigenvalue weighted by Crippen LogP contribution is -2.59. The van der Waals surface area contributed by atoms with E-state index in [2.05, 4.69) is 10.2 Å². The van der Waals surface area contributed by atoms with Gasteiger partial charge in [0.25, 0.3) is 0 Å². The molecule has 0 bridgehead atoms. The van der Waals surface area contributed by atoms with E-state index in [9.17, 15) is 9.90 Å². The maximum atomic E-state index is 13.1. The molecule has 2 amide bonds. The molecule has 27 heavy (non-hydrogen) atoms. The smallest absolute Gasteiger partial charge is 0.317 e. The fourth-order valence-corrected chi connectivity index (χ4v) is 5.18. The van der Waals surface area contributed by atoms with Crippen LogP contribution in [0.3, 0.4) is 0 Å². The van der Waals surface area contributed by atoms with Gasteiger partial charge < -0.3 is 20.2 Å². The van der Waals surface area contributed by atoms with E-state index in [0.717, 1.165) is 38.0 Å². The van der Waals surface area contributed by atoms with Gasteiger partial charge in [0.1, 0.15) is 5.60 Å². The highest BCUT2D eigenvalue weighted by Gasteiger charge is 2.42. The average Bonchev–Trinajstić information content (AvgIpc) is 3.33. The molecule has 0 spiro atoms. The molecule has 1 saturated carbocycles. The molecule has 148 valence electrons. The lowest BCUT2D eigenvalue weighted by molar-refractivity contribution is 0.0483. The van der Waals surface area contributed by atoms with Gasteiger partial charge in [-0.2, -0.15) is 0 Å². The molecule has 1 aromatic carbocycles. The highest BCUT2D eigenvalue weighted by molar-refractivity contribution is 5.75. The topological polar surface area (TPSA) is 55.8 Å². The summed E-state index contributed by atoms with van der Waals surface area (Å²) in [5, 5.41) is 14.5. The normalized spacial score (nSPS) is 28.4. The molecule has 2 saturated heterocycles. The second-order valence-electron chi connectivity index (χ2n) is 8.82. The van der Waals surface area contributed by atoms with E-state index in [-0.39, 0.29) is 11.6 Å². The lowest BCUT2D eigenvalue weighted by atomic mass is 9.81. The van der Waals surface area contributed by atoms with Crippen LogP contribution in [0.4, 0.5) is 4.79 Å². The van der Waals surface area contributed by atoms with Gasteiger partial charge in [0.05, 0.1) is 12.1 Å². The Morgan fingerprint density at radius 3 is 2.37 bits per heavy atom. The molecule has 1 atom stereocenters. The highest BCUT2D eigenvalue weighted by Crippen LogP contribution is 2.34. The molecule has 2 N–H and O–H groups in total. The Morgan fingerprint density at radius 1 is 0.963 bits per heavy atom. The molecule has 1 aliphatic carbocycles. The summed E-state index contributed by atoms with van der Waals surface area (Å²) < 4.78 is 0. The second-order valence-corrected chi connectivity index (χ2v) is 8.82.